The summed E-state index contributed by atoms with van der Waals surface area (Å²) in [7, 11) is 3.23. The lowest BCUT2D eigenvalue weighted by molar-refractivity contribution is -0.142. The average Bonchev–Trinajstić information content (AvgIpc) is 2.96. The van der Waals surface area contributed by atoms with Gasteiger partial charge in [0.05, 0.1) is 25.8 Å². The summed E-state index contributed by atoms with van der Waals surface area (Å²) in [6, 6.07) is 5.55. The number of rotatable bonds is 4. The maximum Gasteiger partial charge on any atom is 0.307 e. The van der Waals surface area contributed by atoms with E-state index < -0.39 is 5.97 Å². The molecule has 2 heterocycles. The van der Waals surface area contributed by atoms with Crippen molar-refractivity contribution in [2.45, 2.75) is 19.4 Å². The van der Waals surface area contributed by atoms with Gasteiger partial charge in [0, 0.05) is 24.7 Å². The molecule has 0 aliphatic carbocycles. The highest BCUT2D eigenvalue weighted by atomic mass is 16.5. The molecule has 2 aromatic rings. The molecule has 0 spiro atoms. The average molecular weight is 302 g/mol. The molecule has 0 radical (unpaired) electrons. The van der Waals surface area contributed by atoms with Crippen molar-refractivity contribution in [2.75, 3.05) is 14.2 Å². The highest BCUT2D eigenvalue weighted by Gasteiger charge is 2.26. The summed E-state index contributed by atoms with van der Waals surface area (Å²) in [4.78, 5) is 15.8. The maximum atomic E-state index is 11.2. The highest BCUT2D eigenvalue weighted by molar-refractivity contribution is 5.71. The Bertz CT molecular complexity index is 708. The maximum absolute atomic E-state index is 11.2. The van der Waals surface area contributed by atoms with E-state index in [2.05, 4.69) is 4.98 Å². The molecule has 6 nitrogen and oxygen atoms in total. The number of nitrogens with zero attached hydrogens (tertiary/aromatic N) is 2. The lowest BCUT2D eigenvalue weighted by atomic mass is 9.98. The molecule has 1 N–H and O–H groups in total. The predicted molar refractivity (Wildman–Crippen MR) is 80.2 cm³/mol. The zero-order chi connectivity index (χ0) is 15.7. The quantitative estimate of drug-likeness (QED) is 0.937. The van der Waals surface area contributed by atoms with Gasteiger partial charge in [-0.3, -0.25) is 4.79 Å². The van der Waals surface area contributed by atoms with Crippen molar-refractivity contribution >= 4 is 5.97 Å². The number of hydrogen-bond donors (Lipinski definition) is 1. The number of carboxylic acid groups (broad SMARTS) is 1. The van der Waals surface area contributed by atoms with Crippen LogP contribution in [0.15, 0.2) is 24.4 Å². The summed E-state index contributed by atoms with van der Waals surface area (Å²) in [5.41, 5.74) is 1.62. The van der Waals surface area contributed by atoms with Crippen LogP contribution in [0, 0.1) is 5.92 Å². The molecule has 1 aromatic heterocycles. The summed E-state index contributed by atoms with van der Waals surface area (Å²) < 4.78 is 12.7. The molecular weight excluding hydrogens is 284 g/mol. The van der Waals surface area contributed by atoms with Crippen LogP contribution in [-0.4, -0.2) is 34.8 Å². The number of aromatic nitrogens is 2. The van der Waals surface area contributed by atoms with Crippen LogP contribution >= 0.6 is 0 Å². The third kappa shape index (κ3) is 2.52. The van der Waals surface area contributed by atoms with Crippen molar-refractivity contribution in [2.24, 2.45) is 5.92 Å². The molecule has 6 heteroatoms. The minimum absolute atomic E-state index is 0.352. The van der Waals surface area contributed by atoms with Gasteiger partial charge < -0.3 is 19.1 Å². The SMILES string of the molecule is COc1ccc(OC)c(-c2cn3c(n2)CC(C(=O)O)CC3)c1. The minimum Gasteiger partial charge on any atom is -0.497 e. The molecule has 3 rings (SSSR count). The Morgan fingerprint density at radius 1 is 1.36 bits per heavy atom. The number of aliphatic carboxylic acids is 1. The Kier molecular flexibility index (Phi) is 3.75. The van der Waals surface area contributed by atoms with Crippen molar-refractivity contribution in [3.05, 3.63) is 30.2 Å². The normalized spacial score (nSPS) is 16.9. The van der Waals surface area contributed by atoms with Gasteiger partial charge in [0.2, 0.25) is 0 Å². The standard InChI is InChI=1S/C16H18N2O4/c1-21-11-3-4-14(22-2)12(8-11)13-9-18-6-5-10(16(19)20)7-15(18)17-13/h3-4,8-10H,5-7H2,1-2H3,(H,19,20). The summed E-state index contributed by atoms with van der Waals surface area (Å²) >= 11 is 0. The van der Waals surface area contributed by atoms with Gasteiger partial charge in [0.1, 0.15) is 17.3 Å². The Morgan fingerprint density at radius 2 is 2.18 bits per heavy atom. The first-order chi connectivity index (χ1) is 10.6. The molecular formula is C16H18N2O4. The zero-order valence-electron chi connectivity index (χ0n) is 12.6. The monoisotopic (exact) mass is 302 g/mol. The van der Waals surface area contributed by atoms with Crippen LogP contribution in [0.3, 0.4) is 0 Å². The summed E-state index contributed by atoms with van der Waals surface area (Å²) in [5.74, 6) is 1.14. The van der Waals surface area contributed by atoms with E-state index in [0.717, 1.165) is 22.8 Å². The number of carbonyl (C=O) groups is 1. The third-order valence-electron chi connectivity index (χ3n) is 4.04. The third-order valence-corrected chi connectivity index (χ3v) is 4.04. The van der Waals surface area contributed by atoms with Crippen molar-refractivity contribution in [1.82, 2.24) is 9.55 Å². The number of benzene rings is 1. The van der Waals surface area contributed by atoms with Crippen molar-refractivity contribution < 1.29 is 19.4 Å². The molecule has 22 heavy (non-hydrogen) atoms. The van der Waals surface area contributed by atoms with Gasteiger partial charge in [-0.1, -0.05) is 0 Å². The molecule has 0 fully saturated rings. The van der Waals surface area contributed by atoms with Gasteiger partial charge >= 0.3 is 5.97 Å². The first-order valence-corrected chi connectivity index (χ1v) is 7.13. The second-order valence-corrected chi connectivity index (χ2v) is 5.33. The Balaban J connectivity index is 1.99. The van der Waals surface area contributed by atoms with Gasteiger partial charge in [-0.05, 0) is 24.6 Å². The highest BCUT2D eigenvalue weighted by Crippen LogP contribution is 2.34. The predicted octanol–water partition coefficient (Wildman–Crippen LogP) is 2.21. The van der Waals surface area contributed by atoms with E-state index in [4.69, 9.17) is 14.6 Å². The van der Waals surface area contributed by atoms with E-state index in [9.17, 15) is 4.79 Å². The van der Waals surface area contributed by atoms with Gasteiger partial charge in [-0.25, -0.2) is 4.98 Å². The van der Waals surface area contributed by atoms with Crippen molar-refractivity contribution in [3.63, 3.8) is 0 Å². The molecule has 1 unspecified atom stereocenters. The fourth-order valence-corrected chi connectivity index (χ4v) is 2.78. The van der Waals surface area contributed by atoms with E-state index in [1.165, 1.54) is 0 Å². The Morgan fingerprint density at radius 3 is 2.86 bits per heavy atom. The zero-order valence-corrected chi connectivity index (χ0v) is 12.6. The van der Waals surface area contributed by atoms with Crippen LogP contribution in [0.1, 0.15) is 12.2 Å². The van der Waals surface area contributed by atoms with Crippen molar-refractivity contribution in [3.8, 4) is 22.8 Å². The molecule has 0 saturated heterocycles. The summed E-state index contributed by atoms with van der Waals surface area (Å²) in [6.07, 6.45) is 3.04. The van der Waals surface area contributed by atoms with E-state index in [1.807, 2.05) is 29.0 Å². The fourth-order valence-electron chi connectivity index (χ4n) is 2.78. The smallest absolute Gasteiger partial charge is 0.307 e. The van der Waals surface area contributed by atoms with E-state index in [0.29, 0.717) is 25.1 Å². The number of aryl methyl sites for hydroxylation is 1. The number of imidazole rings is 1. The number of carboxylic acids is 1. The van der Waals surface area contributed by atoms with E-state index in [-0.39, 0.29) is 5.92 Å². The van der Waals surface area contributed by atoms with Crippen LogP contribution < -0.4 is 9.47 Å². The van der Waals surface area contributed by atoms with Crippen LogP contribution in [0.4, 0.5) is 0 Å². The first kappa shape index (κ1) is 14.4. The first-order valence-electron chi connectivity index (χ1n) is 7.13. The van der Waals surface area contributed by atoms with Crippen LogP contribution in [-0.2, 0) is 17.8 Å². The lowest BCUT2D eigenvalue weighted by Crippen LogP contribution is -2.25. The number of ether oxygens (including phenoxy) is 2. The molecule has 1 aliphatic rings. The minimum atomic E-state index is -0.755. The second-order valence-electron chi connectivity index (χ2n) is 5.33. The van der Waals surface area contributed by atoms with Crippen LogP contribution in [0.5, 0.6) is 11.5 Å². The van der Waals surface area contributed by atoms with E-state index in [1.54, 1.807) is 14.2 Å². The van der Waals surface area contributed by atoms with Gasteiger partial charge in [0.15, 0.2) is 0 Å². The molecule has 1 aliphatic heterocycles. The fraction of sp³-hybridized carbons (Fsp3) is 0.375. The molecule has 1 atom stereocenters. The van der Waals surface area contributed by atoms with Crippen molar-refractivity contribution in [1.29, 1.82) is 0 Å². The molecule has 0 saturated carbocycles. The molecule has 116 valence electrons. The summed E-state index contributed by atoms with van der Waals surface area (Å²) in [5, 5.41) is 9.16. The lowest BCUT2D eigenvalue weighted by Gasteiger charge is -2.19. The van der Waals surface area contributed by atoms with Gasteiger partial charge in [-0.15, -0.1) is 0 Å². The van der Waals surface area contributed by atoms with Crippen LogP contribution in [0.25, 0.3) is 11.3 Å². The second kappa shape index (κ2) is 5.71. The number of methoxy groups -OCH3 is 2. The van der Waals surface area contributed by atoms with Gasteiger partial charge in [0.25, 0.3) is 0 Å². The topological polar surface area (TPSA) is 73.6 Å². The van der Waals surface area contributed by atoms with Crippen LogP contribution in [0.2, 0.25) is 0 Å². The molecule has 1 aromatic carbocycles. The summed E-state index contributed by atoms with van der Waals surface area (Å²) in [6.45, 7) is 0.672. The van der Waals surface area contributed by atoms with Gasteiger partial charge in [-0.2, -0.15) is 0 Å². The number of fused-ring (bicyclic) bond motifs is 1. The Labute approximate surface area is 128 Å². The molecule has 0 amide bonds. The Hall–Kier alpha value is -2.50. The van der Waals surface area contributed by atoms with E-state index >= 15 is 0 Å². The number of hydrogen-bond acceptors (Lipinski definition) is 4. The largest absolute Gasteiger partial charge is 0.497 e. The molecule has 0 bridgehead atoms.